The quantitative estimate of drug-likeness (QED) is 0.624. The van der Waals surface area contributed by atoms with Gasteiger partial charge in [-0.15, -0.1) is 0 Å². The first kappa shape index (κ1) is 20.6. The zero-order valence-electron chi connectivity index (χ0n) is 16.8. The van der Waals surface area contributed by atoms with Gasteiger partial charge >= 0.3 is 0 Å². The predicted molar refractivity (Wildman–Crippen MR) is 112 cm³/mol. The van der Waals surface area contributed by atoms with Crippen LogP contribution in [0.5, 0.6) is 0 Å². The second-order valence-corrected chi connectivity index (χ2v) is 7.84. The summed E-state index contributed by atoms with van der Waals surface area (Å²) in [5.74, 6) is 0.194. The molecule has 1 fully saturated rings. The van der Waals surface area contributed by atoms with E-state index in [1.807, 2.05) is 12.1 Å². The van der Waals surface area contributed by atoms with Crippen molar-refractivity contribution < 1.29 is 13.6 Å². The van der Waals surface area contributed by atoms with E-state index in [9.17, 15) is 9.18 Å². The third-order valence-corrected chi connectivity index (χ3v) is 5.81. The number of halogens is 2. The van der Waals surface area contributed by atoms with Gasteiger partial charge in [0.2, 0.25) is 0 Å². The zero-order chi connectivity index (χ0) is 21.1. The van der Waals surface area contributed by atoms with Gasteiger partial charge in [0.15, 0.2) is 0 Å². The Morgan fingerprint density at radius 2 is 1.97 bits per heavy atom. The molecule has 0 saturated carbocycles. The topological polar surface area (TPSA) is 63.3 Å². The highest BCUT2D eigenvalue weighted by atomic mass is 35.5. The van der Waals surface area contributed by atoms with Crippen LogP contribution in [0.3, 0.4) is 0 Å². The predicted octanol–water partition coefficient (Wildman–Crippen LogP) is 4.52. The van der Waals surface area contributed by atoms with E-state index in [1.54, 1.807) is 25.3 Å². The number of piperidine rings is 1. The van der Waals surface area contributed by atoms with Crippen LogP contribution in [0.15, 0.2) is 47.1 Å². The van der Waals surface area contributed by atoms with Crippen LogP contribution in [0.4, 0.5) is 4.39 Å². The van der Waals surface area contributed by atoms with E-state index >= 15 is 0 Å². The van der Waals surface area contributed by atoms with E-state index in [2.05, 4.69) is 15.3 Å². The molecule has 1 saturated heterocycles. The highest BCUT2D eigenvalue weighted by molar-refractivity contribution is 6.33. The number of hydrogen-bond acceptors (Lipinski definition) is 4. The monoisotopic (exact) mass is 430 g/mol. The molecule has 1 aliphatic rings. The fourth-order valence-electron chi connectivity index (χ4n) is 3.91. The van der Waals surface area contributed by atoms with Gasteiger partial charge in [0.1, 0.15) is 16.7 Å². The molecule has 0 aliphatic carbocycles. The van der Waals surface area contributed by atoms with Gasteiger partial charge in [-0.05, 0) is 69.3 Å². The van der Waals surface area contributed by atoms with Gasteiger partial charge < -0.3 is 9.73 Å². The minimum absolute atomic E-state index is 0.0320. The summed E-state index contributed by atoms with van der Waals surface area (Å²) in [7, 11) is 0. The molecular weight excluding hydrogens is 407 g/mol. The zero-order valence-corrected chi connectivity index (χ0v) is 17.5. The Bertz CT molecular complexity index is 995. The molecule has 3 aromatic rings. The van der Waals surface area contributed by atoms with Gasteiger partial charge in [0, 0.05) is 6.54 Å². The summed E-state index contributed by atoms with van der Waals surface area (Å²) < 4.78 is 20.3. The molecule has 0 radical (unpaired) electrons. The fraction of sp³-hybridized carbons (Fsp3) is 0.364. The number of nitrogens with zero attached hydrogens (tertiary/aromatic N) is 3. The van der Waals surface area contributed by atoms with Crippen LogP contribution in [0.25, 0.3) is 5.69 Å². The number of hydrogen-bond donors (Lipinski definition) is 1. The van der Waals surface area contributed by atoms with E-state index in [1.165, 1.54) is 23.2 Å². The van der Waals surface area contributed by atoms with Gasteiger partial charge in [0.05, 0.1) is 29.2 Å². The molecule has 1 amide bonds. The number of amides is 1. The van der Waals surface area contributed by atoms with E-state index in [-0.39, 0.29) is 22.9 Å². The molecule has 8 heteroatoms. The summed E-state index contributed by atoms with van der Waals surface area (Å²) in [6, 6.07) is 9.56. The molecule has 0 bridgehead atoms. The number of rotatable bonds is 6. The molecule has 1 N–H and O–H groups in total. The third kappa shape index (κ3) is 4.27. The molecule has 2 aromatic heterocycles. The number of aromatic nitrogens is 2. The SMILES string of the molecule is Cc1nn(-c2ccc(F)cc2)c(Cl)c1C(=O)NCC(c1ccco1)N1CCCCC1. The van der Waals surface area contributed by atoms with Crippen molar-refractivity contribution >= 4 is 17.5 Å². The third-order valence-electron chi connectivity index (χ3n) is 5.46. The van der Waals surface area contributed by atoms with E-state index < -0.39 is 0 Å². The van der Waals surface area contributed by atoms with Crippen molar-refractivity contribution in [3.8, 4) is 5.69 Å². The average Bonchev–Trinajstić information content (AvgIpc) is 3.38. The Morgan fingerprint density at radius 3 is 2.63 bits per heavy atom. The van der Waals surface area contributed by atoms with Crippen LogP contribution in [-0.2, 0) is 0 Å². The Balaban J connectivity index is 1.52. The molecule has 0 spiro atoms. The normalized spacial score (nSPS) is 15.8. The molecule has 6 nitrogen and oxygen atoms in total. The summed E-state index contributed by atoms with van der Waals surface area (Å²) >= 11 is 6.48. The summed E-state index contributed by atoms with van der Waals surface area (Å²) in [5, 5.41) is 7.57. The van der Waals surface area contributed by atoms with Crippen LogP contribution in [0.2, 0.25) is 5.15 Å². The second-order valence-electron chi connectivity index (χ2n) is 7.48. The highest BCUT2D eigenvalue weighted by Gasteiger charge is 2.27. The van der Waals surface area contributed by atoms with Gasteiger partial charge in [0.25, 0.3) is 5.91 Å². The number of carbonyl (C=O) groups excluding carboxylic acids is 1. The molecule has 1 aromatic carbocycles. The molecular formula is C22H24ClFN4O2. The van der Waals surface area contributed by atoms with Crippen LogP contribution < -0.4 is 5.32 Å². The maximum atomic E-state index is 13.2. The second kappa shape index (κ2) is 9.02. The van der Waals surface area contributed by atoms with Crippen molar-refractivity contribution in [2.45, 2.75) is 32.2 Å². The van der Waals surface area contributed by atoms with Crippen LogP contribution in [-0.4, -0.2) is 40.2 Å². The summed E-state index contributed by atoms with van der Waals surface area (Å²) in [5.41, 5.74) is 1.41. The van der Waals surface area contributed by atoms with Crippen molar-refractivity contribution in [1.82, 2.24) is 20.0 Å². The van der Waals surface area contributed by atoms with E-state index in [0.29, 0.717) is 23.5 Å². The first-order chi connectivity index (χ1) is 14.5. The standard InChI is InChI=1S/C22H24ClFN4O2/c1-15-20(21(23)28(26-15)17-9-7-16(24)8-10-17)22(29)25-14-18(19-6-5-13-30-19)27-11-3-2-4-12-27/h5-10,13,18H,2-4,11-12,14H2,1H3,(H,25,29). The molecule has 158 valence electrons. The number of nitrogens with one attached hydrogen (secondary N) is 1. The Kier molecular flexibility index (Phi) is 6.20. The number of carbonyl (C=O) groups is 1. The molecule has 1 unspecified atom stereocenters. The number of likely N-dealkylation sites (tertiary alicyclic amines) is 1. The average molecular weight is 431 g/mol. The Hall–Kier alpha value is -2.64. The maximum absolute atomic E-state index is 13.2. The lowest BCUT2D eigenvalue weighted by molar-refractivity contribution is 0.0913. The van der Waals surface area contributed by atoms with Crippen molar-refractivity contribution in [2.24, 2.45) is 0 Å². The highest BCUT2D eigenvalue weighted by Crippen LogP contribution is 2.26. The van der Waals surface area contributed by atoms with E-state index in [4.69, 9.17) is 16.0 Å². The lowest BCUT2D eigenvalue weighted by Gasteiger charge is -2.33. The van der Waals surface area contributed by atoms with Crippen LogP contribution >= 0.6 is 11.6 Å². The first-order valence-electron chi connectivity index (χ1n) is 10.1. The number of furan rings is 1. The van der Waals surface area contributed by atoms with Crippen molar-refractivity contribution in [3.05, 3.63) is 70.6 Å². The smallest absolute Gasteiger partial charge is 0.256 e. The van der Waals surface area contributed by atoms with E-state index in [0.717, 1.165) is 31.7 Å². The Morgan fingerprint density at radius 1 is 1.23 bits per heavy atom. The van der Waals surface area contributed by atoms with Gasteiger partial charge in [-0.3, -0.25) is 9.69 Å². The number of aryl methyl sites for hydroxylation is 1. The van der Waals surface area contributed by atoms with Gasteiger partial charge in [-0.1, -0.05) is 18.0 Å². The maximum Gasteiger partial charge on any atom is 0.256 e. The summed E-state index contributed by atoms with van der Waals surface area (Å²) in [6.45, 7) is 4.09. The van der Waals surface area contributed by atoms with Crippen LogP contribution in [0, 0.1) is 12.7 Å². The molecule has 4 rings (SSSR count). The van der Waals surface area contributed by atoms with Crippen molar-refractivity contribution in [3.63, 3.8) is 0 Å². The summed E-state index contributed by atoms with van der Waals surface area (Å²) in [6.07, 6.45) is 5.16. The lowest BCUT2D eigenvalue weighted by Crippen LogP contribution is -2.40. The minimum Gasteiger partial charge on any atom is -0.468 e. The summed E-state index contributed by atoms with van der Waals surface area (Å²) in [4.78, 5) is 15.3. The lowest BCUT2D eigenvalue weighted by atomic mass is 10.1. The molecule has 1 aliphatic heterocycles. The molecule has 3 heterocycles. The van der Waals surface area contributed by atoms with Gasteiger partial charge in [-0.2, -0.15) is 5.10 Å². The van der Waals surface area contributed by atoms with Crippen molar-refractivity contribution in [2.75, 3.05) is 19.6 Å². The molecule has 30 heavy (non-hydrogen) atoms. The van der Waals surface area contributed by atoms with Gasteiger partial charge in [-0.25, -0.2) is 9.07 Å². The first-order valence-corrected chi connectivity index (χ1v) is 10.5. The fourth-order valence-corrected chi connectivity index (χ4v) is 4.27. The van der Waals surface area contributed by atoms with Crippen molar-refractivity contribution in [1.29, 1.82) is 0 Å². The largest absolute Gasteiger partial charge is 0.468 e. The van der Waals surface area contributed by atoms with Crippen LogP contribution in [0.1, 0.15) is 47.1 Å². The molecule has 1 atom stereocenters. The minimum atomic E-state index is -0.349. The Labute approximate surface area is 179 Å². The number of benzene rings is 1.